The maximum absolute atomic E-state index is 13.9. The van der Waals surface area contributed by atoms with Crippen LogP contribution in [-0.2, 0) is 11.8 Å². The van der Waals surface area contributed by atoms with Gasteiger partial charge in [-0.3, -0.25) is 9.59 Å². The normalized spacial score (nSPS) is 10.5. The summed E-state index contributed by atoms with van der Waals surface area (Å²) < 4.78 is 31.6. The Hall–Kier alpha value is -3.73. The van der Waals surface area contributed by atoms with E-state index in [0.717, 1.165) is 0 Å². The van der Waals surface area contributed by atoms with Gasteiger partial charge < -0.3 is 29.8 Å². The molecule has 168 valence electrons. The van der Waals surface area contributed by atoms with Crippen LogP contribution in [0.25, 0.3) is 0 Å². The van der Waals surface area contributed by atoms with E-state index in [0.29, 0.717) is 10.1 Å². The number of aromatic nitrogens is 2. The summed E-state index contributed by atoms with van der Waals surface area (Å²) in [6.07, 6.45) is 3.43. The molecule has 0 spiro atoms. The second-order valence-electron chi connectivity index (χ2n) is 6.48. The van der Waals surface area contributed by atoms with Gasteiger partial charge in [-0.25, -0.2) is 9.37 Å². The molecule has 0 atom stereocenters. The van der Waals surface area contributed by atoms with Crippen LogP contribution < -0.4 is 25.3 Å². The molecule has 3 aromatic rings. The van der Waals surface area contributed by atoms with Crippen molar-refractivity contribution in [2.45, 2.75) is 10.1 Å². The van der Waals surface area contributed by atoms with Crippen LogP contribution in [0, 0.1) is 5.82 Å². The third kappa shape index (κ3) is 5.30. The lowest BCUT2D eigenvalue weighted by Gasteiger charge is -2.16. The zero-order valence-corrected chi connectivity index (χ0v) is 18.4. The molecule has 9 nitrogen and oxygen atoms in total. The molecule has 3 rings (SSSR count). The zero-order chi connectivity index (χ0) is 23.3. The number of nitrogens with two attached hydrogens (primary N) is 1. The van der Waals surface area contributed by atoms with Gasteiger partial charge in [0.1, 0.15) is 5.82 Å². The van der Waals surface area contributed by atoms with Crippen LogP contribution in [-0.4, -0.2) is 42.2 Å². The van der Waals surface area contributed by atoms with E-state index in [9.17, 15) is 14.0 Å². The Morgan fingerprint density at radius 1 is 1.19 bits per heavy atom. The second kappa shape index (κ2) is 10.1. The number of hydrogen-bond donors (Lipinski definition) is 2. The molecule has 0 radical (unpaired) electrons. The van der Waals surface area contributed by atoms with Crippen LogP contribution in [0.3, 0.4) is 0 Å². The number of carbonyl (C=O) groups is 2. The third-order valence-electron chi connectivity index (χ3n) is 4.25. The predicted molar refractivity (Wildman–Crippen MR) is 116 cm³/mol. The van der Waals surface area contributed by atoms with Crippen molar-refractivity contribution in [3.8, 4) is 17.2 Å². The number of benzene rings is 2. The summed E-state index contributed by atoms with van der Waals surface area (Å²) in [5.74, 6) is -1.26. The minimum Gasteiger partial charge on any atom is -0.493 e. The summed E-state index contributed by atoms with van der Waals surface area (Å²) in [6.45, 7) is -0.394. The monoisotopic (exact) mass is 460 g/mol. The fourth-order valence-corrected chi connectivity index (χ4v) is 3.60. The number of hydrogen-bond acceptors (Lipinski definition) is 7. The highest BCUT2D eigenvalue weighted by atomic mass is 32.2. The quantitative estimate of drug-likeness (QED) is 0.504. The van der Waals surface area contributed by atoms with Crippen LogP contribution >= 0.6 is 11.8 Å². The smallest absolute Gasteiger partial charge is 0.255 e. The minimum absolute atomic E-state index is 0.127. The Labute approximate surface area is 187 Å². The van der Waals surface area contributed by atoms with E-state index in [-0.39, 0.29) is 28.5 Å². The van der Waals surface area contributed by atoms with Gasteiger partial charge in [0, 0.05) is 29.9 Å². The number of nitrogens with one attached hydrogen (secondary N) is 1. The molecular formula is C21H21FN4O5S. The number of aryl methyl sites for hydroxylation is 1. The zero-order valence-electron chi connectivity index (χ0n) is 17.5. The Balaban J connectivity index is 1.91. The fourth-order valence-electron chi connectivity index (χ4n) is 2.73. The number of primary amides is 1. The number of rotatable bonds is 9. The second-order valence-corrected chi connectivity index (χ2v) is 7.49. The molecule has 0 bridgehead atoms. The molecule has 0 saturated heterocycles. The van der Waals surface area contributed by atoms with Gasteiger partial charge in [-0.2, -0.15) is 0 Å². The van der Waals surface area contributed by atoms with Crippen molar-refractivity contribution in [1.29, 1.82) is 0 Å². The van der Waals surface area contributed by atoms with Crippen LogP contribution in [0.4, 0.5) is 10.1 Å². The van der Waals surface area contributed by atoms with Gasteiger partial charge in [0.2, 0.25) is 5.75 Å². The number of amides is 2. The lowest BCUT2D eigenvalue weighted by molar-refractivity contribution is -0.120. The Kier molecular flexibility index (Phi) is 7.21. The molecule has 2 amide bonds. The van der Waals surface area contributed by atoms with Crippen LogP contribution in [0.5, 0.6) is 17.2 Å². The van der Waals surface area contributed by atoms with Crippen LogP contribution in [0.1, 0.15) is 10.4 Å². The molecule has 0 unspecified atom stereocenters. The molecule has 2 aromatic carbocycles. The van der Waals surface area contributed by atoms with Crippen molar-refractivity contribution in [3.05, 3.63) is 54.1 Å². The standard InChI is InChI=1S/C21H21FN4O5S/c1-26-7-6-24-21(26)32-17-5-4-13(22)10-14(17)25-20(28)12-8-15(29-2)19(16(9-12)30-3)31-11-18(23)27/h4-10H,11H2,1-3H3,(H2,23,27)(H,25,28). The SMILES string of the molecule is COc1cc(C(=O)Nc2cc(F)ccc2Sc2nccn2C)cc(OC)c1OCC(N)=O. The molecular weight excluding hydrogens is 439 g/mol. The Morgan fingerprint density at radius 2 is 1.88 bits per heavy atom. The van der Waals surface area contributed by atoms with Crippen molar-refractivity contribution in [2.75, 3.05) is 26.1 Å². The molecule has 1 aromatic heterocycles. The summed E-state index contributed by atoms with van der Waals surface area (Å²) in [6, 6.07) is 6.92. The van der Waals surface area contributed by atoms with Crippen molar-refractivity contribution in [3.63, 3.8) is 0 Å². The van der Waals surface area contributed by atoms with E-state index in [1.807, 2.05) is 7.05 Å². The van der Waals surface area contributed by atoms with E-state index in [2.05, 4.69) is 10.3 Å². The highest BCUT2D eigenvalue weighted by Gasteiger charge is 2.20. The summed E-state index contributed by atoms with van der Waals surface area (Å²) in [7, 11) is 4.58. The summed E-state index contributed by atoms with van der Waals surface area (Å²) in [5.41, 5.74) is 5.57. The number of methoxy groups -OCH3 is 2. The largest absolute Gasteiger partial charge is 0.493 e. The average Bonchev–Trinajstić information content (AvgIpc) is 3.17. The molecule has 0 aliphatic rings. The van der Waals surface area contributed by atoms with Crippen LogP contribution in [0.2, 0.25) is 0 Å². The molecule has 32 heavy (non-hydrogen) atoms. The van der Waals surface area contributed by atoms with Gasteiger partial charge in [0.05, 0.1) is 19.9 Å². The molecule has 11 heteroatoms. The van der Waals surface area contributed by atoms with E-state index >= 15 is 0 Å². The first-order valence-electron chi connectivity index (χ1n) is 9.25. The van der Waals surface area contributed by atoms with E-state index in [1.54, 1.807) is 23.0 Å². The van der Waals surface area contributed by atoms with Gasteiger partial charge in [-0.1, -0.05) is 0 Å². The number of halogens is 1. The predicted octanol–water partition coefficient (Wildman–Crippen LogP) is 2.84. The van der Waals surface area contributed by atoms with Gasteiger partial charge in [-0.15, -0.1) is 0 Å². The first kappa shape index (κ1) is 22.9. The number of anilines is 1. The maximum atomic E-state index is 13.9. The summed E-state index contributed by atoms with van der Waals surface area (Å²) in [4.78, 5) is 28.9. The topological polar surface area (TPSA) is 118 Å². The first-order chi connectivity index (χ1) is 15.3. The summed E-state index contributed by atoms with van der Waals surface area (Å²) in [5, 5.41) is 3.38. The minimum atomic E-state index is -0.681. The molecule has 0 aliphatic heterocycles. The van der Waals surface area contributed by atoms with Crippen molar-refractivity contribution >= 4 is 29.3 Å². The van der Waals surface area contributed by atoms with Crippen molar-refractivity contribution in [1.82, 2.24) is 9.55 Å². The maximum Gasteiger partial charge on any atom is 0.255 e. The fraction of sp³-hybridized carbons (Fsp3) is 0.190. The van der Waals surface area contributed by atoms with E-state index in [4.69, 9.17) is 19.9 Å². The molecule has 0 saturated carbocycles. The van der Waals surface area contributed by atoms with Gasteiger partial charge >= 0.3 is 0 Å². The highest BCUT2D eigenvalue weighted by molar-refractivity contribution is 7.99. The number of nitrogens with zero attached hydrogens (tertiary/aromatic N) is 2. The van der Waals surface area contributed by atoms with Crippen LogP contribution in [0.15, 0.2) is 52.8 Å². The van der Waals surface area contributed by atoms with Gasteiger partial charge in [-0.05, 0) is 42.1 Å². The van der Waals surface area contributed by atoms with Crippen molar-refractivity contribution in [2.24, 2.45) is 12.8 Å². The lowest BCUT2D eigenvalue weighted by atomic mass is 10.1. The Morgan fingerprint density at radius 3 is 2.44 bits per heavy atom. The third-order valence-corrected chi connectivity index (χ3v) is 5.40. The average molecular weight is 460 g/mol. The molecule has 0 fully saturated rings. The number of carbonyl (C=O) groups excluding carboxylic acids is 2. The van der Waals surface area contributed by atoms with E-state index < -0.39 is 24.2 Å². The molecule has 1 heterocycles. The number of imidazole rings is 1. The number of ether oxygens (including phenoxy) is 3. The van der Waals surface area contributed by atoms with Gasteiger partial charge in [0.25, 0.3) is 11.8 Å². The Bertz CT molecular complexity index is 1130. The molecule has 3 N–H and O–H groups in total. The van der Waals surface area contributed by atoms with Gasteiger partial charge in [0.15, 0.2) is 23.3 Å². The highest BCUT2D eigenvalue weighted by Crippen LogP contribution is 2.39. The van der Waals surface area contributed by atoms with E-state index in [1.165, 1.54) is 50.2 Å². The molecule has 0 aliphatic carbocycles. The van der Waals surface area contributed by atoms with Crippen molar-refractivity contribution < 1.29 is 28.2 Å². The summed E-state index contributed by atoms with van der Waals surface area (Å²) >= 11 is 1.28. The first-order valence-corrected chi connectivity index (χ1v) is 10.1. The lowest BCUT2D eigenvalue weighted by Crippen LogP contribution is -2.20.